The molecule has 0 radical (unpaired) electrons. The van der Waals surface area contributed by atoms with Crippen LogP contribution in [0.15, 0.2) is 42.7 Å². The van der Waals surface area contributed by atoms with E-state index in [1.54, 1.807) is 11.3 Å². The van der Waals surface area contributed by atoms with Gasteiger partial charge in [-0.05, 0) is 55.5 Å². The van der Waals surface area contributed by atoms with Crippen LogP contribution in [0.1, 0.15) is 60.1 Å². The van der Waals surface area contributed by atoms with Gasteiger partial charge in [-0.1, -0.05) is 30.2 Å². The molecule has 3 aromatic heterocycles. The Labute approximate surface area is 202 Å². The van der Waals surface area contributed by atoms with E-state index in [9.17, 15) is 9.90 Å². The molecule has 1 aliphatic heterocycles. The number of amides is 1. The van der Waals surface area contributed by atoms with Gasteiger partial charge in [-0.3, -0.25) is 4.79 Å². The van der Waals surface area contributed by atoms with Crippen LogP contribution in [0.25, 0.3) is 15.9 Å². The fourth-order valence-electron chi connectivity index (χ4n) is 5.19. The van der Waals surface area contributed by atoms with E-state index in [0.29, 0.717) is 5.56 Å². The Hall–Kier alpha value is -2.97. The second-order valence-corrected chi connectivity index (χ2v) is 10.5. The van der Waals surface area contributed by atoms with Gasteiger partial charge in [-0.25, -0.2) is 9.97 Å². The average molecular weight is 476 g/mol. The summed E-state index contributed by atoms with van der Waals surface area (Å²) in [5.41, 5.74) is 4.77. The van der Waals surface area contributed by atoms with Crippen molar-refractivity contribution < 1.29 is 9.90 Å². The molecular weight excluding hydrogens is 446 g/mol. The van der Waals surface area contributed by atoms with Crippen LogP contribution >= 0.6 is 11.3 Å². The third-order valence-electron chi connectivity index (χ3n) is 7.11. The zero-order chi connectivity index (χ0) is 23.1. The molecule has 6 rings (SSSR count). The zero-order valence-corrected chi connectivity index (χ0v) is 19.9. The van der Waals surface area contributed by atoms with E-state index in [2.05, 4.69) is 32.9 Å². The molecule has 7 nitrogen and oxygen atoms in total. The van der Waals surface area contributed by atoms with Crippen molar-refractivity contribution in [1.82, 2.24) is 19.3 Å². The molecule has 2 atom stereocenters. The average Bonchev–Trinajstić information content (AvgIpc) is 3.60. The number of benzene rings is 1. The maximum absolute atomic E-state index is 12.7. The lowest BCUT2D eigenvalue weighted by Gasteiger charge is -2.27. The molecule has 4 aromatic rings. The number of carbonyl (C=O) groups is 1. The SMILES string of the molecule is O=C(c1ccn2c(Cc3ccc4nc(NC5CCCCC5O)sc4c3)cnc2c1)N1CCCC1. The summed E-state index contributed by atoms with van der Waals surface area (Å²) in [6.07, 6.45) is 10.6. The van der Waals surface area contributed by atoms with Gasteiger partial charge in [-0.2, -0.15) is 0 Å². The minimum Gasteiger partial charge on any atom is -0.391 e. The highest BCUT2D eigenvalue weighted by atomic mass is 32.1. The molecule has 0 spiro atoms. The molecule has 0 bridgehead atoms. The third kappa shape index (κ3) is 4.16. The molecule has 2 N–H and O–H groups in total. The third-order valence-corrected chi connectivity index (χ3v) is 8.06. The van der Waals surface area contributed by atoms with E-state index in [4.69, 9.17) is 4.98 Å². The van der Waals surface area contributed by atoms with Gasteiger partial charge in [0.2, 0.25) is 0 Å². The molecule has 2 fully saturated rings. The van der Waals surface area contributed by atoms with Gasteiger partial charge in [0.25, 0.3) is 5.91 Å². The first-order valence-electron chi connectivity index (χ1n) is 12.2. The highest BCUT2D eigenvalue weighted by Gasteiger charge is 2.24. The second-order valence-electron chi connectivity index (χ2n) is 9.49. The number of thiazole rings is 1. The van der Waals surface area contributed by atoms with Crippen molar-refractivity contribution in [2.24, 2.45) is 0 Å². The Morgan fingerprint density at radius 2 is 1.97 bits per heavy atom. The van der Waals surface area contributed by atoms with Crippen molar-refractivity contribution in [2.45, 2.75) is 57.1 Å². The smallest absolute Gasteiger partial charge is 0.254 e. The Balaban J connectivity index is 1.20. The molecule has 1 saturated heterocycles. The molecule has 34 heavy (non-hydrogen) atoms. The summed E-state index contributed by atoms with van der Waals surface area (Å²) in [7, 11) is 0. The largest absolute Gasteiger partial charge is 0.391 e. The first-order chi connectivity index (χ1) is 16.6. The summed E-state index contributed by atoms with van der Waals surface area (Å²) in [6.45, 7) is 1.70. The van der Waals surface area contributed by atoms with E-state index in [-0.39, 0.29) is 18.1 Å². The van der Waals surface area contributed by atoms with E-state index >= 15 is 0 Å². The van der Waals surface area contributed by atoms with Crippen molar-refractivity contribution in [3.63, 3.8) is 0 Å². The quantitative estimate of drug-likeness (QED) is 0.445. The molecule has 2 aliphatic rings. The summed E-state index contributed by atoms with van der Waals surface area (Å²) in [6, 6.07) is 10.3. The van der Waals surface area contributed by atoms with E-state index in [0.717, 1.165) is 84.7 Å². The van der Waals surface area contributed by atoms with Crippen LogP contribution in [0.5, 0.6) is 0 Å². The van der Waals surface area contributed by atoms with Crippen LogP contribution in [-0.4, -0.2) is 55.5 Å². The standard InChI is InChI=1S/C26H29N5O2S/c32-22-6-2-1-5-20(22)28-26-29-21-8-7-17(14-23(21)34-26)13-19-16-27-24-15-18(9-12-31(19)24)25(33)30-10-3-4-11-30/h7-9,12,14-16,20,22,32H,1-6,10-11,13H2,(H,28,29). The fraction of sp³-hybridized carbons (Fsp3) is 0.423. The minimum atomic E-state index is -0.294. The summed E-state index contributed by atoms with van der Waals surface area (Å²) >= 11 is 1.64. The van der Waals surface area contributed by atoms with Crippen LogP contribution in [0, 0.1) is 0 Å². The number of likely N-dealkylation sites (tertiary alicyclic amines) is 1. The number of imidazole rings is 1. The highest BCUT2D eigenvalue weighted by molar-refractivity contribution is 7.22. The highest BCUT2D eigenvalue weighted by Crippen LogP contribution is 2.30. The number of pyridine rings is 1. The summed E-state index contributed by atoms with van der Waals surface area (Å²) < 4.78 is 3.20. The van der Waals surface area contributed by atoms with Gasteiger partial charge in [-0.15, -0.1) is 0 Å². The summed E-state index contributed by atoms with van der Waals surface area (Å²) in [5, 5.41) is 14.6. The number of aromatic nitrogens is 3. The molecule has 4 heterocycles. The molecule has 2 unspecified atom stereocenters. The normalized spacial score (nSPS) is 20.9. The lowest BCUT2D eigenvalue weighted by atomic mass is 9.93. The lowest BCUT2D eigenvalue weighted by molar-refractivity contribution is 0.0792. The first kappa shape index (κ1) is 21.6. The second kappa shape index (κ2) is 9.00. The van der Waals surface area contributed by atoms with Crippen LogP contribution in [-0.2, 0) is 6.42 Å². The van der Waals surface area contributed by atoms with E-state index in [1.165, 1.54) is 5.56 Å². The fourth-order valence-corrected chi connectivity index (χ4v) is 6.18. The first-order valence-corrected chi connectivity index (χ1v) is 13.0. The van der Waals surface area contributed by atoms with Crippen LogP contribution in [0.4, 0.5) is 5.13 Å². The number of hydrogen-bond donors (Lipinski definition) is 2. The Bertz CT molecular complexity index is 1340. The van der Waals surface area contributed by atoms with Gasteiger partial charge in [0.15, 0.2) is 5.13 Å². The van der Waals surface area contributed by atoms with Gasteiger partial charge < -0.3 is 19.7 Å². The minimum absolute atomic E-state index is 0.0918. The molecular formula is C26H29N5O2S. The van der Waals surface area contributed by atoms with Crippen LogP contribution < -0.4 is 5.32 Å². The number of rotatable bonds is 5. The lowest BCUT2D eigenvalue weighted by Crippen LogP contribution is -2.36. The number of hydrogen-bond acceptors (Lipinski definition) is 6. The van der Waals surface area contributed by atoms with Gasteiger partial charge in [0.05, 0.1) is 22.4 Å². The number of fused-ring (bicyclic) bond motifs is 2. The molecule has 8 heteroatoms. The molecule has 1 amide bonds. The number of anilines is 1. The van der Waals surface area contributed by atoms with Gasteiger partial charge >= 0.3 is 0 Å². The summed E-state index contributed by atoms with van der Waals surface area (Å²) in [5.74, 6) is 0.102. The monoisotopic (exact) mass is 475 g/mol. The number of nitrogens with zero attached hydrogens (tertiary/aromatic N) is 4. The number of aliphatic hydroxyl groups is 1. The van der Waals surface area contributed by atoms with Crippen molar-refractivity contribution in [3.05, 3.63) is 59.5 Å². The van der Waals surface area contributed by atoms with Crippen molar-refractivity contribution in [2.75, 3.05) is 18.4 Å². The predicted molar refractivity (Wildman–Crippen MR) is 135 cm³/mol. The number of aliphatic hydroxyl groups excluding tert-OH is 1. The Kier molecular flexibility index (Phi) is 5.71. The molecule has 1 saturated carbocycles. The number of nitrogens with one attached hydrogen (secondary N) is 1. The molecule has 1 aromatic carbocycles. The predicted octanol–water partition coefficient (Wildman–Crippen LogP) is 4.49. The molecule has 176 valence electrons. The van der Waals surface area contributed by atoms with Crippen LogP contribution in [0.2, 0.25) is 0 Å². The van der Waals surface area contributed by atoms with Gasteiger partial charge in [0, 0.05) is 43.2 Å². The topological polar surface area (TPSA) is 82.8 Å². The maximum atomic E-state index is 12.7. The zero-order valence-electron chi connectivity index (χ0n) is 19.1. The van der Waals surface area contributed by atoms with Crippen molar-refractivity contribution in [1.29, 1.82) is 0 Å². The Morgan fingerprint density at radius 3 is 2.82 bits per heavy atom. The summed E-state index contributed by atoms with van der Waals surface area (Å²) in [4.78, 5) is 24.0. The van der Waals surface area contributed by atoms with E-state index < -0.39 is 0 Å². The van der Waals surface area contributed by atoms with Crippen molar-refractivity contribution >= 4 is 38.2 Å². The maximum Gasteiger partial charge on any atom is 0.254 e. The number of carbonyl (C=O) groups excluding carboxylic acids is 1. The van der Waals surface area contributed by atoms with E-state index in [1.807, 2.05) is 29.4 Å². The van der Waals surface area contributed by atoms with Crippen LogP contribution in [0.3, 0.4) is 0 Å². The molecule has 1 aliphatic carbocycles. The van der Waals surface area contributed by atoms with Crippen molar-refractivity contribution in [3.8, 4) is 0 Å². The van der Waals surface area contributed by atoms with Gasteiger partial charge in [0.1, 0.15) is 5.65 Å². The Morgan fingerprint density at radius 1 is 1.12 bits per heavy atom.